The number of carbonyl (C=O) groups is 1. The minimum atomic E-state index is -3.76. The summed E-state index contributed by atoms with van der Waals surface area (Å²) in [5, 5.41) is 0. The van der Waals surface area contributed by atoms with Crippen molar-refractivity contribution < 1.29 is 17.9 Å². The Morgan fingerprint density at radius 3 is 2.40 bits per heavy atom. The van der Waals surface area contributed by atoms with E-state index >= 15 is 0 Å². The third-order valence-electron chi connectivity index (χ3n) is 7.50. The molecule has 190 valence electrons. The second kappa shape index (κ2) is 11.1. The van der Waals surface area contributed by atoms with E-state index in [1.165, 1.54) is 17.0 Å². The number of rotatable bonds is 7. The van der Waals surface area contributed by atoms with Crippen LogP contribution in [0.3, 0.4) is 0 Å². The fraction of sp³-hybridized carbons (Fsp3) is 0.536. The molecular formula is C28H38N2O4S. The lowest BCUT2D eigenvalue weighted by Gasteiger charge is -2.37. The molecule has 2 aromatic rings. The third-order valence-corrected chi connectivity index (χ3v) is 9.39. The number of amides is 1. The number of hydrogen-bond acceptors (Lipinski definition) is 4. The standard InChI is InChI=1S/C28H38N2O4S/c1-21(2)24-11-12-26(34-3)27(19-24)35(32,33)30-15-7-10-25(20-30)28(31)29-16-13-23(14-17-29)18-22-8-5-4-6-9-22/h4-6,8-9,11-12,19,21,23,25H,7,10,13-18,20H2,1-3H3/t25-/m1/s1. The van der Waals surface area contributed by atoms with Crippen molar-refractivity contribution in [2.24, 2.45) is 11.8 Å². The van der Waals surface area contributed by atoms with Gasteiger partial charge in [-0.25, -0.2) is 8.42 Å². The summed E-state index contributed by atoms with van der Waals surface area (Å²) in [6.45, 7) is 6.25. The predicted octanol–water partition coefficient (Wildman–Crippen LogP) is 4.70. The van der Waals surface area contributed by atoms with E-state index in [0.717, 1.165) is 44.3 Å². The third kappa shape index (κ3) is 5.89. The Kier molecular flexibility index (Phi) is 8.17. The zero-order chi connectivity index (χ0) is 25.0. The van der Waals surface area contributed by atoms with Crippen LogP contribution in [0, 0.1) is 11.8 Å². The van der Waals surface area contributed by atoms with Crippen LogP contribution < -0.4 is 4.74 Å². The van der Waals surface area contributed by atoms with Gasteiger partial charge in [0, 0.05) is 26.2 Å². The Bertz CT molecular complexity index is 1110. The lowest BCUT2D eigenvalue weighted by Crippen LogP contribution is -2.48. The van der Waals surface area contributed by atoms with Crippen LogP contribution in [0.25, 0.3) is 0 Å². The van der Waals surface area contributed by atoms with Crippen LogP contribution in [0.5, 0.6) is 5.75 Å². The van der Waals surface area contributed by atoms with Gasteiger partial charge in [-0.3, -0.25) is 4.79 Å². The van der Waals surface area contributed by atoms with Crippen molar-refractivity contribution in [1.29, 1.82) is 0 Å². The number of hydrogen-bond donors (Lipinski definition) is 0. The van der Waals surface area contributed by atoms with Gasteiger partial charge < -0.3 is 9.64 Å². The molecule has 0 radical (unpaired) electrons. The van der Waals surface area contributed by atoms with Gasteiger partial charge in [0.15, 0.2) is 0 Å². The predicted molar refractivity (Wildman–Crippen MR) is 138 cm³/mol. The average molecular weight is 499 g/mol. The quantitative estimate of drug-likeness (QED) is 0.555. The van der Waals surface area contributed by atoms with Crippen molar-refractivity contribution in [1.82, 2.24) is 9.21 Å². The molecule has 2 aliphatic rings. The van der Waals surface area contributed by atoms with Crippen LogP contribution >= 0.6 is 0 Å². The van der Waals surface area contributed by atoms with Crippen molar-refractivity contribution >= 4 is 15.9 Å². The number of sulfonamides is 1. The second-order valence-electron chi connectivity index (χ2n) is 10.2. The molecule has 4 rings (SSSR count). The molecule has 0 aliphatic carbocycles. The van der Waals surface area contributed by atoms with Gasteiger partial charge in [-0.05, 0) is 67.2 Å². The Morgan fingerprint density at radius 2 is 1.74 bits per heavy atom. The number of methoxy groups -OCH3 is 1. The molecule has 35 heavy (non-hydrogen) atoms. The second-order valence-corrected chi connectivity index (χ2v) is 12.1. The lowest BCUT2D eigenvalue weighted by atomic mass is 9.89. The molecule has 2 saturated heterocycles. The Labute approximate surface area is 210 Å². The number of ether oxygens (including phenoxy) is 1. The maximum atomic E-state index is 13.6. The number of carbonyl (C=O) groups excluding carboxylic acids is 1. The summed E-state index contributed by atoms with van der Waals surface area (Å²) in [6, 6.07) is 15.9. The highest BCUT2D eigenvalue weighted by Crippen LogP contribution is 2.33. The van der Waals surface area contributed by atoms with Gasteiger partial charge in [-0.1, -0.05) is 50.2 Å². The molecular weight excluding hydrogens is 460 g/mol. The van der Waals surface area contributed by atoms with Crippen LogP contribution in [-0.4, -0.2) is 56.8 Å². The molecule has 2 fully saturated rings. The molecule has 6 nitrogen and oxygen atoms in total. The summed E-state index contributed by atoms with van der Waals surface area (Å²) in [5.41, 5.74) is 2.30. The van der Waals surface area contributed by atoms with E-state index in [4.69, 9.17) is 4.74 Å². The topological polar surface area (TPSA) is 66.9 Å². The highest BCUT2D eigenvalue weighted by Gasteiger charge is 2.37. The van der Waals surface area contributed by atoms with E-state index in [0.29, 0.717) is 24.6 Å². The van der Waals surface area contributed by atoms with Crippen LogP contribution in [-0.2, 0) is 21.2 Å². The summed E-state index contributed by atoms with van der Waals surface area (Å²) in [7, 11) is -2.27. The van der Waals surface area contributed by atoms with E-state index in [9.17, 15) is 13.2 Å². The van der Waals surface area contributed by atoms with Crippen LogP contribution in [0.2, 0.25) is 0 Å². The SMILES string of the molecule is COc1ccc(C(C)C)cc1S(=O)(=O)N1CCC[C@@H](C(=O)N2CCC(Cc3ccccc3)CC2)C1. The number of piperidine rings is 2. The molecule has 0 aromatic heterocycles. The van der Waals surface area contributed by atoms with Crippen molar-refractivity contribution in [2.75, 3.05) is 33.3 Å². The highest BCUT2D eigenvalue weighted by atomic mass is 32.2. The Hall–Kier alpha value is -2.38. The van der Waals surface area contributed by atoms with E-state index in [2.05, 4.69) is 24.3 Å². The molecule has 1 amide bonds. The van der Waals surface area contributed by atoms with Gasteiger partial charge in [0.1, 0.15) is 10.6 Å². The first kappa shape index (κ1) is 25.7. The van der Waals surface area contributed by atoms with Gasteiger partial charge in [-0.2, -0.15) is 4.31 Å². The zero-order valence-corrected chi connectivity index (χ0v) is 22.0. The summed E-state index contributed by atoms with van der Waals surface area (Å²) in [5.74, 6) is 0.957. The number of nitrogens with zero attached hydrogens (tertiary/aromatic N) is 2. The molecule has 7 heteroatoms. The Balaban J connectivity index is 1.41. The van der Waals surface area contributed by atoms with Gasteiger partial charge in [0.05, 0.1) is 13.0 Å². The molecule has 0 saturated carbocycles. The fourth-order valence-electron chi connectivity index (χ4n) is 5.32. The van der Waals surface area contributed by atoms with Gasteiger partial charge >= 0.3 is 0 Å². The van der Waals surface area contributed by atoms with Crippen molar-refractivity contribution in [3.05, 3.63) is 59.7 Å². The lowest BCUT2D eigenvalue weighted by molar-refractivity contribution is -0.138. The van der Waals surface area contributed by atoms with E-state index < -0.39 is 10.0 Å². The molecule has 0 bridgehead atoms. The molecule has 2 heterocycles. The van der Waals surface area contributed by atoms with E-state index in [1.54, 1.807) is 12.1 Å². The van der Waals surface area contributed by atoms with Gasteiger partial charge in [0.2, 0.25) is 15.9 Å². The highest BCUT2D eigenvalue weighted by molar-refractivity contribution is 7.89. The smallest absolute Gasteiger partial charge is 0.246 e. The van der Waals surface area contributed by atoms with E-state index in [-0.39, 0.29) is 29.2 Å². The van der Waals surface area contributed by atoms with Gasteiger partial charge in [0.25, 0.3) is 0 Å². The van der Waals surface area contributed by atoms with Crippen LogP contribution in [0.15, 0.2) is 53.4 Å². The molecule has 0 N–H and O–H groups in total. The first-order valence-electron chi connectivity index (χ1n) is 12.8. The first-order chi connectivity index (χ1) is 16.8. The van der Waals surface area contributed by atoms with Crippen LogP contribution in [0.1, 0.15) is 56.6 Å². The average Bonchev–Trinajstić information content (AvgIpc) is 2.89. The minimum Gasteiger partial charge on any atom is -0.495 e. The maximum absolute atomic E-state index is 13.6. The van der Waals surface area contributed by atoms with E-state index in [1.807, 2.05) is 30.9 Å². The molecule has 0 unspecified atom stereocenters. The first-order valence-corrected chi connectivity index (χ1v) is 14.2. The molecule has 0 spiro atoms. The summed E-state index contributed by atoms with van der Waals surface area (Å²) in [4.78, 5) is 15.5. The molecule has 1 atom stereocenters. The van der Waals surface area contributed by atoms with Crippen molar-refractivity contribution in [2.45, 2.75) is 56.8 Å². The minimum absolute atomic E-state index is 0.103. The zero-order valence-electron chi connectivity index (χ0n) is 21.2. The number of benzene rings is 2. The van der Waals surface area contributed by atoms with Gasteiger partial charge in [-0.15, -0.1) is 0 Å². The summed E-state index contributed by atoms with van der Waals surface area (Å²) >= 11 is 0. The molecule has 2 aliphatic heterocycles. The number of likely N-dealkylation sites (tertiary alicyclic amines) is 1. The van der Waals surface area contributed by atoms with Crippen molar-refractivity contribution in [3.8, 4) is 5.75 Å². The van der Waals surface area contributed by atoms with Crippen molar-refractivity contribution in [3.63, 3.8) is 0 Å². The molecule has 2 aromatic carbocycles. The maximum Gasteiger partial charge on any atom is 0.246 e. The summed E-state index contributed by atoms with van der Waals surface area (Å²) in [6.07, 6.45) is 4.46. The van der Waals surface area contributed by atoms with Crippen LogP contribution in [0.4, 0.5) is 0 Å². The normalized spacial score (nSPS) is 20.2. The largest absolute Gasteiger partial charge is 0.495 e. The summed E-state index contributed by atoms with van der Waals surface area (Å²) < 4.78 is 34.1. The fourth-order valence-corrected chi connectivity index (χ4v) is 7.03. The Morgan fingerprint density at radius 1 is 1.03 bits per heavy atom. The monoisotopic (exact) mass is 498 g/mol.